The van der Waals surface area contributed by atoms with Crippen LogP contribution in [0.3, 0.4) is 0 Å². The molecule has 0 saturated carbocycles. The Morgan fingerprint density at radius 1 is 0.950 bits per heavy atom. The summed E-state index contributed by atoms with van der Waals surface area (Å²) in [7, 11) is 1.87. The van der Waals surface area contributed by atoms with Gasteiger partial charge in [-0.15, -0.1) is 0 Å². The quantitative estimate of drug-likeness (QED) is 0.424. The lowest BCUT2D eigenvalue weighted by Crippen LogP contribution is -2.32. The zero-order chi connectivity index (χ0) is 15.4. The van der Waals surface area contributed by atoms with Crippen LogP contribution in [0.5, 0.6) is 0 Å². The smallest absolute Gasteiger partial charge is 0.227 e. The molecule has 0 radical (unpaired) electrons. The predicted octanol–water partition coefficient (Wildman–Crippen LogP) is 0.361. The van der Waals surface area contributed by atoms with E-state index in [1.54, 1.807) is 20.8 Å². The maximum absolute atomic E-state index is 11.6. The summed E-state index contributed by atoms with van der Waals surface area (Å²) in [6, 6.07) is 0. The Hall–Kier alpha value is -0.980. The van der Waals surface area contributed by atoms with Crippen molar-refractivity contribution in [2.24, 2.45) is 5.41 Å². The number of carbonyl (C=O) groups is 2. The maximum Gasteiger partial charge on any atom is 0.227 e. The Bertz CT molecular complexity index is 287. The molecule has 0 heterocycles. The molecule has 0 aliphatic carbocycles. The lowest BCUT2D eigenvalue weighted by molar-refractivity contribution is -0.132. The molecule has 0 spiro atoms. The number of Topliss-reactive ketones (excluding diaryl/α,β-unsaturated/α-hetero) is 1. The van der Waals surface area contributed by atoms with Crippen LogP contribution < -0.4 is 10.6 Å². The molecule has 0 aromatic rings. The highest BCUT2D eigenvalue weighted by Crippen LogP contribution is 2.16. The van der Waals surface area contributed by atoms with Crippen molar-refractivity contribution in [2.75, 3.05) is 46.6 Å². The Kier molecular flexibility index (Phi) is 10.2. The maximum atomic E-state index is 11.6. The van der Waals surface area contributed by atoms with Crippen molar-refractivity contribution in [1.82, 2.24) is 10.6 Å². The van der Waals surface area contributed by atoms with Crippen molar-refractivity contribution in [3.8, 4) is 0 Å². The molecular weight excluding hydrogens is 260 g/mol. The van der Waals surface area contributed by atoms with Crippen molar-refractivity contribution in [3.05, 3.63) is 0 Å². The second-order valence-electron chi connectivity index (χ2n) is 5.53. The molecule has 0 atom stereocenters. The summed E-state index contributed by atoms with van der Waals surface area (Å²) >= 11 is 0. The Morgan fingerprint density at radius 2 is 1.50 bits per heavy atom. The van der Waals surface area contributed by atoms with Gasteiger partial charge in [0, 0.05) is 18.5 Å². The molecular formula is C14H28N2O4. The van der Waals surface area contributed by atoms with Gasteiger partial charge in [0.25, 0.3) is 0 Å². The van der Waals surface area contributed by atoms with E-state index < -0.39 is 5.41 Å². The second kappa shape index (κ2) is 10.8. The highest BCUT2D eigenvalue weighted by atomic mass is 16.5. The number of amides is 1. The van der Waals surface area contributed by atoms with Crippen molar-refractivity contribution in [2.45, 2.75) is 27.2 Å². The first-order valence-electron chi connectivity index (χ1n) is 6.98. The molecule has 0 aliphatic heterocycles. The van der Waals surface area contributed by atoms with Crippen LogP contribution in [0, 0.1) is 5.41 Å². The molecule has 0 unspecified atom stereocenters. The van der Waals surface area contributed by atoms with E-state index >= 15 is 0 Å². The summed E-state index contributed by atoms with van der Waals surface area (Å²) in [6.45, 7) is 8.76. The molecule has 118 valence electrons. The number of hydrogen-bond acceptors (Lipinski definition) is 5. The van der Waals surface area contributed by atoms with Gasteiger partial charge in [0.2, 0.25) is 5.91 Å². The Balaban J connectivity index is 3.43. The normalized spacial score (nSPS) is 11.4. The standard InChI is InChI=1S/C14H28N2O4/c1-14(2,3)12(17)11-13(18)16-6-8-20-10-9-19-7-5-15-4/h15H,5-11H2,1-4H3,(H,16,18). The van der Waals surface area contributed by atoms with Crippen LogP contribution in [-0.2, 0) is 19.1 Å². The third-order valence-corrected chi connectivity index (χ3v) is 2.59. The third-order valence-electron chi connectivity index (χ3n) is 2.59. The molecule has 1 amide bonds. The summed E-state index contributed by atoms with van der Waals surface area (Å²) in [5.74, 6) is -0.312. The summed E-state index contributed by atoms with van der Waals surface area (Å²) < 4.78 is 10.6. The van der Waals surface area contributed by atoms with Gasteiger partial charge in [-0.05, 0) is 7.05 Å². The predicted molar refractivity (Wildman–Crippen MR) is 77.7 cm³/mol. The number of likely N-dealkylation sites (N-methyl/N-ethyl adjacent to an activating group) is 1. The summed E-state index contributed by atoms with van der Waals surface area (Å²) in [6.07, 6.45) is -0.0728. The van der Waals surface area contributed by atoms with Crippen molar-refractivity contribution in [1.29, 1.82) is 0 Å². The molecule has 0 fully saturated rings. The number of hydrogen-bond donors (Lipinski definition) is 2. The van der Waals surface area contributed by atoms with E-state index in [-0.39, 0.29) is 18.1 Å². The lowest BCUT2D eigenvalue weighted by atomic mass is 9.89. The number of nitrogens with one attached hydrogen (secondary N) is 2. The van der Waals surface area contributed by atoms with E-state index in [1.807, 2.05) is 7.05 Å². The number of ketones is 1. The van der Waals surface area contributed by atoms with E-state index in [0.717, 1.165) is 6.54 Å². The molecule has 0 aliphatic rings. The zero-order valence-electron chi connectivity index (χ0n) is 13.1. The van der Waals surface area contributed by atoms with E-state index in [2.05, 4.69) is 10.6 Å². The van der Waals surface area contributed by atoms with Gasteiger partial charge in [0.15, 0.2) is 0 Å². The molecule has 20 heavy (non-hydrogen) atoms. The Morgan fingerprint density at radius 3 is 2.00 bits per heavy atom. The van der Waals surface area contributed by atoms with Crippen LogP contribution in [-0.4, -0.2) is 58.3 Å². The highest BCUT2D eigenvalue weighted by molar-refractivity contribution is 6.00. The van der Waals surface area contributed by atoms with E-state index in [9.17, 15) is 9.59 Å². The molecule has 6 nitrogen and oxygen atoms in total. The SMILES string of the molecule is CNCCOCCOCCNC(=O)CC(=O)C(C)(C)C. The highest BCUT2D eigenvalue weighted by Gasteiger charge is 2.23. The first kappa shape index (κ1) is 19.0. The first-order valence-corrected chi connectivity index (χ1v) is 6.98. The average molecular weight is 288 g/mol. The Labute approximate surface area is 121 Å². The molecule has 0 saturated heterocycles. The minimum absolute atomic E-state index is 0.0612. The fourth-order valence-electron chi connectivity index (χ4n) is 1.23. The number of rotatable bonds is 11. The van der Waals surface area contributed by atoms with Gasteiger partial charge in [0.05, 0.1) is 32.8 Å². The summed E-state index contributed by atoms with van der Waals surface area (Å²) in [4.78, 5) is 23.1. The van der Waals surface area contributed by atoms with Gasteiger partial charge in [-0.25, -0.2) is 0 Å². The average Bonchev–Trinajstić information content (AvgIpc) is 2.35. The largest absolute Gasteiger partial charge is 0.378 e. The first-order chi connectivity index (χ1) is 9.38. The van der Waals surface area contributed by atoms with Crippen molar-refractivity contribution in [3.63, 3.8) is 0 Å². The van der Waals surface area contributed by atoms with Crippen LogP contribution in [0.2, 0.25) is 0 Å². The van der Waals surface area contributed by atoms with Crippen molar-refractivity contribution < 1.29 is 19.1 Å². The van der Waals surface area contributed by atoms with E-state index in [0.29, 0.717) is 33.0 Å². The van der Waals surface area contributed by atoms with Gasteiger partial charge in [-0.1, -0.05) is 20.8 Å². The zero-order valence-corrected chi connectivity index (χ0v) is 13.1. The fraction of sp³-hybridized carbons (Fsp3) is 0.857. The third kappa shape index (κ3) is 10.9. The van der Waals surface area contributed by atoms with Gasteiger partial charge in [-0.2, -0.15) is 0 Å². The van der Waals surface area contributed by atoms with Crippen LogP contribution in [0.25, 0.3) is 0 Å². The molecule has 6 heteroatoms. The minimum atomic E-state index is -0.474. The van der Waals surface area contributed by atoms with Gasteiger partial charge < -0.3 is 20.1 Å². The minimum Gasteiger partial charge on any atom is -0.378 e. The van der Waals surface area contributed by atoms with Gasteiger partial charge >= 0.3 is 0 Å². The van der Waals surface area contributed by atoms with Gasteiger partial charge in [0.1, 0.15) is 5.78 Å². The van der Waals surface area contributed by atoms with E-state index in [1.165, 1.54) is 0 Å². The van der Waals surface area contributed by atoms with E-state index in [4.69, 9.17) is 9.47 Å². The van der Waals surface area contributed by atoms with Crippen molar-refractivity contribution >= 4 is 11.7 Å². The molecule has 0 aromatic heterocycles. The van der Waals surface area contributed by atoms with Crippen LogP contribution >= 0.6 is 0 Å². The number of ether oxygens (including phenoxy) is 2. The fourth-order valence-corrected chi connectivity index (χ4v) is 1.23. The summed E-state index contributed by atoms with van der Waals surface area (Å²) in [5, 5.41) is 5.64. The van der Waals surface area contributed by atoms with Crippen LogP contribution in [0.4, 0.5) is 0 Å². The van der Waals surface area contributed by atoms with Crippen LogP contribution in [0.1, 0.15) is 27.2 Å². The summed E-state index contributed by atoms with van der Waals surface area (Å²) in [5.41, 5.74) is -0.474. The second-order valence-corrected chi connectivity index (χ2v) is 5.53. The molecule has 0 bridgehead atoms. The lowest BCUT2D eigenvalue weighted by Gasteiger charge is -2.16. The van der Waals surface area contributed by atoms with Gasteiger partial charge in [-0.3, -0.25) is 9.59 Å². The number of carbonyl (C=O) groups excluding carboxylic acids is 2. The molecule has 2 N–H and O–H groups in total. The monoisotopic (exact) mass is 288 g/mol. The van der Waals surface area contributed by atoms with Crippen LogP contribution in [0.15, 0.2) is 0 Å². The molecule has 0 aromatic carbocycles. The molecule has 0 rings (SSSR count). The topological polar surface area (TPSA) is 76.7 Å².